The Bertz CT molecular complexity index is 632. The minimum atomic E-state index is 0.109. The summed E-state index contributed by atoms with van der Waals surface area (Å²) in [4.78, 5) is 0. The molecule has 106 valence electrons. The number of nitrogens with one attached hydrogen (secondary N) is 1. The van der Waals surface area contributed by atoms with Gasteiger partial charge in [0.25, 0.3) is 0 Å². The summed E-state index contributed by atoms with van der Waals surface area (Å²) in [6.45, 7) is 0.774. The van der Waals surface area contributed by atoms with E-state index in [4.69, 9.17) is 10.6 Å². The van der Waals surface area contributed by atoms with Crippen molar-refractivity contribution in [2.45, 2.75) is 18.9 Å². The predicted molar refractivity (Wildman–Crippen MR) is 94.1 cm³/mol. The third kappa shape index (κ3) is 3.04. The molecule has 3 rings (SSSR count). The average molecular weight is 465 g/mol. The maximum absolute atomic E-state index is 5.78. The zero-order valence-electron chi connectivity index (χ0n) is 10.7. The van der Waals surface area contributed by atoms with E-state index in [1.165, 1.54) is 19.6 Å². The van der Waals surface area contributed by atoms with Gasteiger partial charge in [-0.1, -0.05) is 15.9 Å². The number of hydrogen-bond donors (Lipinski definition) is 2. The van der Waals surface area contributed by atoms with Crippen LogP contribution in [-0.2, 0) is 12.8 Å². The summed E-state index contributed by atoms with van der Waals surface area (Å²) < 4.78 is 8.16. The zero-order chi connectivity index (χ0) is 14.1. The van der Waals surface area contributed by atoms with Crippen molar-refractivity contribution >= 4 is 49.9 Å². The number of ether oxygens (including phenoxy) is 1. The van der Waals surface area contributed by atoms with Gasteiger partial charge in [-0.25, -0.2) is 0 Å². The summed E-state index contributed by atoms with van der Waals surface area (Å²) in [5.74, 6) is 6.78. The van der Waals surface area contributed by atoms with Crippen molar-refractivity contribution in [1.82, 2.24) is 5.43 Å². The second-order valence-corrected chi connectivity index (χ2v) is 8.48. The first-order chi connectivity index (χ1) is 9.67. The highest BCUT2D eigenvalue weighted by Gasteiger charge is 2.21. The molecule has 0 spiro atoms. The fourth-order valence-electron chi connectivity index (χ4n) is 2.50. The van der Waals surface area contributed by atoms with Crippen LogP contribution >= 0.6 is 49.9 Å². The molecule has 0 fully saturated rings. The van der Waals surface area contributed by atoms with Crippen LogP contribution < -0.4 is 16.0 Å². The Morgan fingerprint density at radius 1 is 1.45 bits per heavy atom. The maximum Gasteiger partial charge on any atom is 0.125 e. The minimum Gasteiger partial charge on any atom is -0.493 e. The molecule has 1 atom stereocenters. The topological polar surface area (TPSA) is 47.3 Å². The molecule has 1 aliphatic rings. The Balaban J connectivity index is 1.90. The smallest absolute Gasteiger partial charge is 0.125 e. The molecule has 0 radical (unpaired) electrons. The molecule has 0 amide bonds. The number of nitrogens with two attached hydrogens (primary N) is 1. The summed E-state index contributed by atoms with van der Waals surface area (Å²) in [7, 11) is 0. The molecule has 1 aromatic carbocycles. The first-order valence-corrected chi connectivity index (χ1v) is 9.06. The Labute approximate surface area is 144 Å². The van der Waals surface area contributed by atoms with Gasteiger partial charge in [0.05, 0.1) is 15.5 Å². The Morgan fingerprint density at radius 2 is 2.30 bits per heavy atom. The molecule has 1 aliphatic heterocycles. The van der Waals surface area contributed by atoms with Crippen LogP contribution in [-0.4, -0.2) is 6.61 Å². The van der Waals surface area contributed by atoms with E-state index in [0.29, 0.717) is 0 Å². The summed E-state index contributed by atoms with van der Waals surface area (Å²) >= 11 is 7.65. The molecular formula is C14H14BrIN2OS. The number of fused-ring (bicyclic) bond motifs is 1. The number of hydrazine groups is 1. The van der Waals surface area contributed by atoms with Crippen LogP contribution in [0.25, 0.3) is 0 Å². The van der Waals surface area contributed by atoms with E-state index in [2.05, 4.69) is 67.5 Å². The summed E-state index contributed by atoms with van der Waals surface area (Å²) in [5, 5.41) is 2.16. The number of thiophene rings is 1. The molecule has 3 N–H and O–H groups in total. The number of halogens is 2. The minimum absolute atomic E-state index is 0.109. The zero-order valence-corrected chi connectivity index (χ0v) is 15.2. The summed E-state index contributed by atoms with van der Waals surface area (Å²) in [6, 6.07) is 6.56. The Hall–Kier alpha value is -0.150. The van der Waals surface area contributed by atoms with E-state index in [-0.39, 0.29) is 6.04 Å². The third-order valence-electron chi connectivity index (χ3n) is 3.44. The fraction of sp³-hybridized carbons (Fsp3) is 0.286. The van der Waals surface area contributed by atoms with Crippen molar-refractivity contribution in [3.63, 3.8) is 0 Å². The van der Waals surface area contributed by atoms with E-state index in [9.17, 15) is 0 Å². The summed E-state index contributed by atoms with van der Waals surface area (Å²) in [6.07, 6.45) is 1.81. The molecule has 1 unspecified atom stereocenters. The van der Waals surface area contributed by atoms with E-state index in [1.807, 2.05) is 0 Å². The molecule has 6 heteroatoms. The molecular weight excluding hydrogens is 451 g/mol. The fourth-order valence-corrected chi connectivity index (χ4v) is 4.48. The van der Waals surface area contributed by atoms with Gasteiger partial charge in [0.15, 0.2) is 0 Å². The quantitative estimate of drug-likeness (QED) is 0.411. The molecule has 20 heavy (non-hydrogen) atoms. The number of rotatable bonds is 4. The van der Waals surface area contributed by atoms with Crippen LogP contribution in [0.3, 0.4) is 0 Å². The van der Waals surface area contributed by atoms with Crippen LogP contribution in [0.4, 0.5) is 0 Å². The number of hydrogen-bond acceptors (Lipinski definition) is 4. The van der Waals surface area contributed by atoms with Crippen molar-refractivity contribution in [3.8, 4) is 5.75 Å². The van der Waals surface area contributed by atoms with Gasteiger partial charge in [-0.3, -0.25) is 11.3 Å². The molecule has 0 saturated carbocycles. The highest BCUT2D eigenvalue weighted by Crippen LogP contribution is 2.35. The van der Waals surface area contributed by atoms with E-state index < -0.39 is 0 Å². The standard InChI is InChI=1S/C14H14BrIN2OS/c15-11-3-8-1-2-19-14(8)9(4-11)5-12(18-17)10-6-13(16)20-7-10/h3-4,6-7,12,18H,1-2,5,17H2. The van der Waals surface area contributed by atoms with Gasteiger partial charge in [0.1, 0.15) is 5.75 Å². The van der Waals surface area contributed by atoms with Crippen LogP contribution in [0.5, 0.6) is 5.75 Å². The predicted octanol–water partition coefficient (Wildman–Crippen LogP) is 3.80. The lowest BCUT2D eigenvalue weighted by Gasteiger charge is -2.17. The van der Waals surface area contributed by atoms with Crippen molar-refractivity contribution in [3.05, 3.63) is 47.6 Å². The van der Waals surface area contributed by atoms with Crippen LogP contribution in [0.15, 0.2) is 28.1 Å². The Morgan fingerprint density at radius 3 is 3.00 bits per heavy atom. The van der Waals surface area contributed by atoms with E-state index in [1.54, 1.807) is 11.3 Å². The van der Waals surface area contributed by atoms with Crippen molar-refractivity contribution in [2.75, 3.05) is 6.61 Å². The van der Waals surface area contributed by atoms with Crippen molar-refractivity contribution in [2.24, 2.45) is 5.84 Å². The van der Waals surface area contributed by atoms with Gasteiger partial charge in [-0.15, -0.1) is 11.3 Å². The largest absolute Gasteiger partial charge is 0.493 e. The van der Waals surface area contributed by atoms with E-state index in [0.717, 1.165) is 29.7 Å². The normalized spacial score (nSPS) is 14.9. The molecule has 0 saturated heterocycles. The third-order valence-corrected chi connectivity index (χ3v) is 5.71. The van der Waals surface area contributed by atoms with Gasteiger partial charge in [-0.2, -0.15) is 0 Å². The lowest BCUT2D eigenvalue weighted by Crippen LogP contribution is -2.29. The molecule has 1 aromatic heterocycles. The maximum atomic E-state index is 5.78. The summed E-state index contributed by atoms with van der Waals surface area (Å²) in [5.41, 5.74) is 6.64. The van der Waals surface area contributed by atoms with Crippen molar-refractivity contribution in [1.29, 1.82) is 0 Å². The van der Waals surface area contributed by atoms with Gasteiger partial charge in [0, 0.05) is 10.9 Å². The lowest BCUT2D eigenvalue weighted by molar-refractivity contribution is 0.351. The number of benzene rings is 1. The average Bonchev–Trinajstić information content (AvgIpc) is 3.04. The SMILES string of the molecule is NNC(Cc1cc(Br)cc2c1OCC2)c1csc(I)c1. The second-order valence-electron chi connectivity index (χ2n) is 4.76. The van der Waals surface area contributed by atoms with Crippen LogP contribution in [0, 0.1) is 2.88 Å². The lowest BCUT2D eigenvalue weighted by atomic mass is 9.99. The highest BCUT2D eigenvalue weighted by atomic mass is 127. The van der Waals surface area contributed by atoms with Gasteiger partial charge in [0.2, 0.25) is 0 Å². The highest BCUT2D eigenvalue weighted by molar-refractivity contribution is 14.1. The first-order valence-electron chi connectivity index (χ1n) is 6.31. The molecule has 0 aliphatic carbocycles. The molecule has 2 heterocycles. The first kappa shape index (κ1) is 14.8. The van der Waals surface area contributed by atoms with Crippen LogP contribution in [0.1, 0.15) is 22.7 Å². The second kappa shape index (κ2) is 6.31. The molecule has 2 aromatic rings. The van der Waals surface area contributed by atoms with Gasteiger partial charge in [-0.05, 0) is 69.3 Å². The monoisotopic (exact) mass is 464 g/mol. The van der Waals surface area contributed by atoms with E-state index >= 15 is 0 Å². The molecule has 0 bridgehead atoms. The Kier molecular flexibility index (Phi) is 4.66. The van der Waals surface area contributed by atoms with Gasteiger partial charge >= 0.3 is 0 Å². The van der Waals surface area contributed by atoms with Crippen molar-refractivity contribution < 1.29 is 4.74 Å². The molecule has 3 nitrogen and oxygen atoms in total. The van der Waals surface area contributed by atoms with Crippen LogP contribution in [0.2, 0.25) is 0 Å². The van der Waals surface area contributed by atoms with Gasteiger partial charge < -0.3 is 4.74 Å².